The van der Waals surface area contributed by atoms with Crippen LogP contribution in [-0.4, -0.2) is 53.1 Å². The van der Waals surface area contributed by atoms with Gasteiger partial charge in [0.2, 0.25) is 11.8 Å². The Labute approximate surface area is 142 Å². The Kier molecular flexibility index (Phi) is 4.89. The third kappa shape index (κ3) is 3.45. The molecular weight excluding hydrogens is 308 g/mol. The molecule has 1 fully saturated rings. The van der Waals surface area contributed by atoms with Crippen LogP contribution in [-0.2, 0) is 27.3 Å². The molecule has 1 saturated carbocycles. The van der Waals surface area contributed by atoms with Crippen LogP contribution >= 0.6 is 0 Å². The number of rotatable bonds is 6. The number of nitrogens with one attached hydrogen (secondary N) is 1. The van der Waals surface area contributed by atoms with E-state index in [0.29, 0.717) is 25.6 Å². The highest BCUT2D eigenvalue weighted by Crippen LogP contribution is 2.41. The molecule has 7 nitrogen and oxygen atoms in total. The summed E-state index contributed by atoms with van der Waals surface area (Å²) in [6, 6.07) is -0.0376. The quantitative estimate of drug-likeness (QED) is 0.779. The first-order valence-corrected chi connectivity index (χ1v) is 8.63. The molecule has 1 aromatic heterocycles. The first kappa shape index (κ1) is 17.0. The lowest BCUT2D eigenvalue weighted by Crippen LogP contribution is -2.42. The van der Waals surface area contributed by atoms with E-state index in [1.807, 2.05) is 18.0 Å². The summed E-state index contributed by atoms with van der Waals surface area (Å²) < 4.78 is 6.99. The molecule has 2 amide bonds. The summed E-state index contributed by atoms with van der Waals surface area (Å²) >= 11 is 0. The summed E-state index contributed by atoms with van der Waals surface area (Å²) in [5.41, 5.74) is 0.751. The van der Waals surface area contributed by atoms with Gasteiger partial charge in [-0.05, 0) is 19.3 Å². The van der Waals surface area contributed by atoms with Gasteiger partial charge < -0.3 is 19.5 Å². The number of amides is 2. The van der Waals surface area contributed by atoms with Crippen LogP contribution in [0.1, 0.15) is 37.8 Å². The Morgan fingerprint density at radius 3 is 2.79 bits per heavy atom. The monoisotopic (exact) mass is 334 g/mol. The van der Waals surface area contributed by atoms with Gasteiger partial charge in [0.1, 0.15) is 5.82 Å². The molecule has 2 aliphatic rings. The fourth-order valence-corrected chi connectivity index (χ4v) is 3.33. The molecule has 1 N–H and O–H groups in total. The van der Waals surface area contributed by atoms with E-state index in [2.05, 4.69) is 21.8 Å². The zero-order chi connectivity index (χ0) is 17.3. The minimum absolute atomic E-state index is 0.0376. The van der Waals surface area contributed by atoms with Crippen molar-refractivity contribution in [2.45, 2.75) is 39.3 Å². The number of fused-ring (bicyclic) bond motifs is 1. The Balaban J connectivity index is 1.63. The van der Waals surface area contributed by atoms with Gasteiger partial charge in [-0.15, -0.1) is 0 Å². The number of aromatic nitrogens is 2. The van der Waals surface area contributed by atoms with Gasteiger partial charge in [-0.25, -0.2) is 4.98 Å². The van der Waals surface area contributed by atoms with Crippen LogP contribution < -0.4 is 5.32 Å². The van der Waals surface area contributed by atoms with Crippen LogP contribution in [0, 0.1) is 11.8 Å². The second-order valence-electron chi connectivity index (χ2n) is 6.83. The van der Waals surface area contributed by atoms with E-state index >= 15 is 0 Å². The molecule has 3 rings (SSSR count). The summed E-state index contributed by atoms with van der Waals surface area (Å²) in [7, 11) is 1.60. The van der Waals surface area contributed by atoms with Crippen molar-refractivity contribution in [3.8, 4) is 0 Å². The third-order valence-electron chi connectivity index (χ3n) is 4.96. The molecule has 0 unspecified atom stereocenters. The fourth-order valence-electron chi connectivity index (χ4n) is 3.33. The second kappa shape index (κ2) is 6.93. The van der Waals surface area contributed by atoms with Crippen molar-refractivity contribution in [3.63, 3.8) is 0 Å². The van der Waals surface area contributed by atoms with E-state index in [4.69, 9.17) is 4.74 Å². The molecular formula is C17H26N4O3. The van der Waals surface area contributed by atoms with Crippen molar-refractivity contribution < 1.29 is 14.3 Å². The standard InChI is InChI=1S/C17H26N4O3/c1-11-8-14(11)17(23)21-6-5-20-10-13(19-16(20)12(21)2)9-15(22)18-4-7-24-3/h10-12,14H,4-9H2,1-3H3,(H,18,22)/t11-,12+,14-/m1/s1. The number of imidazole rings is 1. The summed E-state index contributed by atoms with van der Waals surface area (Å²) in [6.45, 7) is 6.60. The lowest BCUT2D eigenvalue weighted by Gasteiger charge is -2.34. The molecule has 3 atom stereocenters. The minimum atomic E-state index is -0.0603. The number of hydrogen-bond donors (Lipinski definition) is 1. The van der Waals surface area contributed by atoms with Crippen LogP contribution in [0.3, 0.4) is 0 Å². The molecule has 1 aliphatic heterocycles. The van der Waals surface area contributed by atoms with E-state index in [9.17, 15) is 9.59 Å². The van der Waals surface area contributed by atoms with E-state index in [-0.39, 0.29) is 30.2 Å². The number of ether oxygens (including phenoxy) is 1. The Bertz CT molecular complexity index is 627. The van der Waals surface area contributed by atoms with E-state index in [0.717, 1.165) is 24.5 Å². The molecule has 0 aromatic carbocycles. The van der Waals surface area contributed by atoms with Crippen LogP contribution in [0.15, 0.2) is 6.20 Å². The van der Waals surface area contributed by atoms with Gasteiger partial charge in [-0.1, -0.05) is 6.92 Å². The molecule has 2 heterocycles. The largest absolute Gasteiger partial charge is 0.383 e. The molecule has 0 saturated heterocycles. The maximum Gasteiger partial charge on any atom is 0.226 e. The lowest BCUT2D eigenvalue weighted by atomic mass is 10.1. The molecule has 7 heteroatoms. The number of methoxy groups -OCH3 is 1. The van der Waals surface area contributed by atoms with Gasteiger partial charge >= 0.3 is 0 Å². The smallest absolute Gasteiger partial charge is 0.226 e. The number of hydrogen-bond acceptors (Lipinski definition) is 4. The van der Waals surface area contributed by atoms with Crippen molar-refractivity contribution in [1.29, 1.82) is 0 Å². The highest BCUT2D eigenvalue weighted by Gasteiger charge is 2.43. The minimum Gasteiger partial charge on any atom is -0.383 e. The molecule has 1 aromatic rings. The van der Waals surface area contributed by atoms with Gasteiger partial charge in [-0.3, -0.25) is 9.59 Å². The van der Waals surface area contributed by atoms with E-state index in [1.165, 1.54) is 0 Å². The Morgan fingerprint density at radius 2 is 2.12 bits per heavy atom. The molecule has 1 aliphatic carbocycles. The summed E-state index contributed by atoms with van der Waals surface area (Å²) in [5.74, 6) is 1.78. The molecule has 0 radical (unpaired) electrons. The van der Waals surface area contributed by atoms with E-state index < -0.39 is 0 Å². The zero-order valence-corrected chi connectivity index (χ0v) is 14.6. The van der Waals surface area contributed by atoms with Gasteiger partial charge in [0.05, 0.1) is 24.8 Å². The van der Waals surface area contributed by atoms with Crippen molar-refractivity contribution in [3.05, 3.63) is 17.7 Å². The molecule has 0 bridgehead atoms. The zero-order valence-electron chi connectivity index (χ0n) is 14.6. The molecule has 132 valence electrons. The topological polar surface area (TPSA) is 76.5 Å². The van der Waals surface area contributed by atoms with E-state index in [1.54, 1.807) is 7.11 Å². The van der Waals surface area contributed by atoms with Crippen LogP contribution in [0.25, 0.3) is 0 Å². The number of carbonyl (C=O) groups excluding carboxylic acids is 2. The van der Waals surface area contributed by atoms with Crippen LogP contribution in [0.5, 0.6) is 0 Å². The third-order valence-corrected chi connectivity index (χ3v) is 4.96. The van der Waals surface area contributed by atoms with Crippen LogP contribution in [0.4, 0.5) is 0 Å². The first-order valence-electron chi connectivity index (χ1n) is 8.63. The normalized spacial score (nSPS) is 25.3. The van der Waals surface area contributed by atoms with Gasteiger partial charge in [0.15, 0.2) is 0 Å². The SMILES string of the molecule is COCCNC(=O)Cc1cn2c(n1)[C@H](C)N(C(=O)[C@@H]1C[C@H]1C)CC2. The molecule has 24 heavy (non-hydrogen) atoms. The van der Waals surface area contributed by atoms with Crippen molar-refractivity contribution in [1.82, 2.24) is 19.8 Å². The predicted octanol–water partition coefficient (Wildman–Crippen LogP) is 0.747. The first-order chi connectivity index (χ1) is 11.5. The predicted molar refractivity (Wildman–Crippen MR) is 88.2 cm³/mol. The summed E-state index contributed by atoms with van der Waals surface area (Å²) in [4.78, 5) is 31.0. The average molecular weight is 334 g/mol. The Morgan fingerprint density at radius 1 is 1.38 bits per heavy atom. The van der Waals surface area contributed by atoms with Crippen molar-refractivity contribution in [2.24, 2.45) is 11.8 Å². The number of nitrogens with zero attached hydrogens (tertiary/aromatic N) is 3. The van der Waals surface area contributed by atoms with Gasteiger partial charge in [-0.2, -0.15) is 0 Å². The summed E-state index contributed by atoms with van der Waals surface area (Å²) in [6.07, 6.45) is 3.19. The highest BCUT2D eigenvalue weighted by atomic mass is 16.5. The average Bonchev–Trinajstić information content (AvgIpc) is 3.12. The van der Waals surface area contributed by atoms with Gasteiger partial charge in [0, 0.05) is 38.9 Å². The van der Waals surface area contributed by atoms with Crippen molar-refractivity contribution >= 4 is 11.8 Å². The summed E-state index contributed by atoms with van der Waals surface area (Å²) in [5, 5.41) is 2.80. The maximum atomic E-state index is 12.5. The van der Waals surface area contributed by atoms with Gasteiger partial charge in [0.25, 0.3) is 0 Å². The molecule has 0 spiro atoms. The maximum absolute atomic E-state index is 12.5. The Hall–Kier alpha value is -1.89. The fraction of sp³-hybridized carbons (Fsp3) is 0.706. The highest BCUT2D eigenvalue weighted by molar-refractivity contribution is 5.82. The lowest BCUT2D eigenvalue weighted by molar-refractivity contribution is -0.136. The second-order valence-corrected chi connectivity index (χ2v) is 6.83. The number of carbonyl (C=O) groups is 2. The van der Waals surface area contributed by atoms with Crippen molar-refractivity contribution in [2.75, 3.05) is 26.8 Å². The van der Waals surface area contributed by atoms with Crippen LogP contribution in [0.2, 0.25) is 0 Å².